The highest BCUT2D eigenvalue weighted by molar-refractivity contribution is 7.89. The summed E-state index contributed by atoms with van der Waals surface area (Å²) in [6, 6.07) is 4.55. The second-order valence-corrected chi connectivity index (χ2v) is 12.2. The van der Waals surface area contributed by atoms with Crippen molar-refractivity contribution < 1.29 is 62.2 Å². The number of piperazine rings is 1. The van der Waals surface area contributed by atoms with Crippen molar-refractivity contribution in [3.05, 3.63) is 53.6 Å². The van der Waals surface area contributed by atoms with Gasteiger partial charge in [0.25, 0.3) is 0 Å². The first kappa shape index (κ1) is 34.3. The van der Waals surface area contributed by atoms with Gasteiger partial charge in [-0.25, -0.2) is 8.42 Å². The average Bonchev–Trinajstić information content (AvgIpc) is 2.89. The Labute approximate surface area is 241 Å². The summed E-state index contributed by atoms with van der Waals surface area (Å²) in [6.07, 6.45) is -14.7. The van der Waals surface area contributed by atoms with Gasteiger partial charge in [-0.15, -0.1) is 13.2 Å². The highest BCUT2D eigenvalue weighted by Gasteiger charge is 2.39. The van der Waals surface area contributed by atoms with Crippen LogP contribution in [0.5, 0.6) is 11.5 Å². The SMILES string of the molecule is CC(C)(CCCOc1cc(C(F)(F)F)ccc1C(F)(F)F)C(=O)N1CCN(S(=O)(=O)c2ccc(OC(F)(F)F)cc2)CC1. The Kier molecular flexibility index (Phi) is 9.90. The van der Waals surface area contributed by atoms with Gasteiger partial charge in [0.2, 0.25) is 15.9 Å². The van der Waals surface area contributed by atoms with Crippen LogP contribution >= 0.6 is 0 Å². The minimum Gasteiger partial charge on any atom is -0.493 e. The molecule has 0 spiro atoms. The van der Waals surface area contributed by atoms with Crippen molar-refractivity contribution in [2.75, 3.05) is 32.8 Å². The van der Waals surface area contributed by atoms with E-state index in [1.165, 1.54) is 4.90 Å². The minimum absolute atomic E-state index is 0.00750. The number of amides is 1. The number of carbonyl (C=O) groups is 1. The van der Waals surface area contributed by atoms with E-state index >= 15 is 0 Å². The molecule has 0 saturated carbocycles. The summed E-state index contributed by atoms with van der Waals surface area (Å²) in [5, 5.41) is 0. The Bertz CT molecular complexity index is 1380. The predicted octanol–water partition coefficient (Wildman–Crippen LogP) is 6.34. The molecule has 2 aromatic carbocycles. The molecule has 1 heterocycles. The molecule has 43 heavy (non-hydrogen) atoms. The number of nitrogens with zero attached hydrogens (tertiary/aromatic N) is 2. The van der Waals surface area contributed by atoms with Crippen molar-refractivity contribution in [2.24, 2.45) is 5.41 Å². The maximum Gasteiger partial charge on any atom is 0.573 e. The smallest absolute Gasteiger partial charge is 0.493 e. The van der Waals surface area contributed by atoms with Crippen LogP contribution in [0.25, 0.3) is 0 Å². The second kappa shape index (κ2) is 12.4. The predicted molar refractivity (Wildman–Crippen MR) is 133 cm³/mol. The third kappa shape index (κ3) is 8.90. The molecule has 1 aliphatic rings. The molecule has 240 valence electrons. The highest BCUT2D eigenvalue weighted by Crippen LogP contribution is 2.40. The van der Waals surface area contributed by atoms with Crippen LogP contribution in [0.3, 0.4) is 0 Å². The van der Waals surface area contributed by atoms with Gasteiger partial charge in [-0.2, -0.15) is 30.6 Å². The molecular weight excluding hydrogens is 623 g/mol. The molecule has 1 aliphatic heterocycles. The number of rotatable bonds is 9. The number of sulfonamides is 1. The van der Waals surface area contributed by atoms with Crippen LogP contribution < -0.4 is 9.47 Å². The number of ether oxygens (including phenoxy) is 2. The van der Waals surface area contributed by atoms with Crippen LogP contribution in [0.1, 0.15) is 37.8 Å². The lowest BCUT2D eigenvalue weighted by atomic mass is 9.86. The average molecular weight is 651 g/mol. The molecule has 0 aromatic heterocycles. The molecule has 0 unspecified atom stereocenters. The van der Waals surface area contributed by atoms with Crippen molar-refractivity contribution in [1.82, 2.24) is 9.21 Å². The van der Waals surface area contributed by atoms with Crippen molar-refractivity contribution >= 4 is 15.9 Å². The monoisotopic (exact) mass is 650 g/mol. The second-order valence-electron chi connectivity index (χ2n) is 10.3. The normalized spacial score (nSPS) is 15.8. The Morgan fingerprint density at radius 2 is 1.42 bits per heavy atom. The molecule has 0 bridgehead atoms. The fourth-order valence-electron chi connectivity index (χ4n) is 4.38. The van der Waals surface area contributed by atoms with E-state index in [-0.39, 0.29) is 55.9 Å². The summed E-state index contributed by atoms with van der Waals surface area (Å²) >= 11 is 0. The molecular formula is C26H27F9N2O5S. The van der Waals surface area contributed by atoms with Crippen molar-refractivity contribution in [3.8, 4) is 11.5 Å². The largest absolute Gasteiger partial charge is 0.573 e. The summed E-state index contributed by atoms with van der Waals surface area (Å²) in [7, 11) is -4.09. The molecule has 2 aromatic rings. The molecule has 0 aliphatic carbocycles. The van der Waals surface area contributed by atoms with E-state index in [4.69, 9.17) is 4.74 Å². The quantitative estimate of drug-likeness (QED) is 0.234. The number of hydrogen-bond acceptors (Lipinski definition) is 5. The van der Waals surface area contributed by atoms with E-state index in [2.05, 4.69) is 4.74 Å². The van der Waals surface area contributed by atoms with Gasteiger partial charge in [-0.3, -0.25) is 4.79 Å². The first-order valence-corrected chi connectivity index (χ1v) is 14.1. The van der Waals surface area contributed by atoms with Crippen LogP contribution in [-0.2, 0) is 27.2 Å². The van der Waals surface area contributed by atoms with Crippen LogP contribution in [0.15, 0.2) is 47.4 Å². The van der Waals surface area contributed by atoms with Gasteiger partial charge in [-0.05, 0) is 55.3 Å². The molecule has 1 amide bonds. The van der Waals surface area contributed by atoms with Crippen molar-refractivity contribution in [3.63, 3.8) is 0 Å². The molecule has 0 N–H and O–H groups in total. The summed E-state index contributed by atoms with van der Waals surface area (Å²) in [6.45, 7) is 2.50. The lowest BCUT2D eigenvalue weighted by Crippen LogP contribution is -2.53. The Morgan fingerprint density at radius 3 is 1.93 bits per heavy atom. The zero-order valence-electron chi connectivity index (χ0n) is 22.7. The number of halogens is 9. The van der Waals surface area contributed by atoms with Crippen LogP contribution in [0.2, 0.25) is 0 Å². The van der Waals surface area contributed by atoms with E-state index in [0.29, 0.717) is 12.1 Å². The molecule has 0 radical (unpaired) electrons. The summed E-state index contributed by atoms with van der Waals surface area (Å²) in [5.41, 5.74) is -3.74. The zero-order valence-corrected chi connectivity index (χ0v) is 23.6. The van der Waals surface area contributed by atoms with Gasteiger partial charge < -0.3 is 14.4 Å². The van der Waals surface area contributed by atoms with Gasteiger partial charge in [-0.1, -0.05) is 13.8 Å². The molecule has 1 saturated heterocycles. The van der Waals surface area contributed by atoms with Gasteiger partial charge in [0, 0.05) is 31.6 Å². The fourth-order valence-corrected chi connectivity index (χ4v) is 5.80. The first-order chi connectivity index (χ1) is 19.6. The van der Waals surface area contributed by atoms with E-state index < -0.39 is 63.4 Å². The summed E-state index contributed by atoms with van der Waals surface area (Å²) in [5.74, 6) is -1.95. The van der Waals surface area contributed by atoms with Crippen LogP contribution in [0, 0.1) is 5.41 Å². The number of carbonyl (C=O) groups excluding carboxylic acids is 1. The van der Waals surface area contributed by atoms with E-state index in [1.54, 1.807) is 13.8 Å². The molecule has 7 nitrogen and oxygen atoms in total. The maximum absolute atomic E-state index is 13.3. The Hall–Kier alpha value is -3.21. The zero-order chi connectivity index (χ0) is 32.4. The van der Waals surface area contributed by atoms with Crippen molar-refractivity contribution in [1.29, 1.82) is 0 Å². The summed E-state index contributed by atoms with van der Waals surface area (Å²) in [4.78, 5) is 14.3. The minimum atomic E-state index is -4.95. The Balaban J connectivity index is 1.56. The fraction of sp³-hybridized carbons (Fsp3) is 0.500. The van der Waals surface area contributed by atoms with Gasteiger partial charge in [0.15, 0.2) is 0 Å². The van der Waals surface area contributed by atoms with E-state index in [9.17, 15) is 52.7 Å². The lowest BCUT2D eigenvalue weighted by molar-refractivity contribution is -0.274. The van der Waals surface area contributed by atoms with Crippen LogP contribution in [0.4, 0.5) is 39.5 Å². The number of alkyl halides is 9. The standard InChI is InChI=1S/C26H27F9N2O5S/c1-23(2,10-3-15-41-21-16-17(24(27,28)29)4-9-20(21)25(30,31)32)22(38)36-11-13-37(14-12-36)43(39,40)19-7-5-18(6-8-19)42-26(33,34)35/h4-9,16H,3,10-15H2,1-2H3. The Morgan fingerprint density at radius 1 is 0.837 bits per heavy atom. The van der Waals surface area contributed by atoms with Gasteiger partial charge >= 0.3 is 18.7 Å². The number of hydrogen-bond donors (Lipinski definition) is 0. The van der Waals surface area contributed by atoms with E-state index in [1.807, 2.05) is 0 Å². The number of benzene rings is 2. The molecule has 0 atom stereocenters. The third-order valence-electron chi connectivity index (χ3n) is 6.62. The van der Waals surface area contributed by atoms with Gasteiger partial charge in [0.1, 0.15) is 11.5 Å². The van der Waals surface area contributed by atoms with E-state index in [0.717, 1.165) is 28.6 Å². The first-order valence-electron chi connectivity index (χ1n) is 12.7. The third-order valence-corrected chi connectivity index (χ3v) is 8.53. The molecule has 1 fully saturated rings. The summed E-state index contributed by atoms with van der Waals surface area (Å²) < 4.78 is 152. The highest BCUT2D eigenvalue weighted by atomic mass is 32.2. The molecule has 17 heteroatoms. The van der Waals surface area contributed by atoms with Crippen molar-refractivity contribution in [2.45, 2.75) is 50.3 Å². The van der Waals surface area contributed by atoms with Gasteiger partial charge in [0.05, 0.1) is 22.6 Å². The topological polar surface area (TPSA) is 76.2 Å². The lowest BCUT2D eigenvalue weighted by Gasteiger charge is -2.38. The van der Waals surface area contributed by atoms with Crippen LogP contribution in [-0.4, -0.2) is 62.7 Å². The molecule has 3 rings (SSSR count). The maximum atomic E-state index is 13.3.